The second kappa shape index (κ2) is 7.94. The maximum absolute atomic E-state index is 12.5. The third-order valence-corrected chi connectivity index (χ3v) is 4.38. The fourth-order valence-corrected chi connectivity index (χ4v) is 2.96. The number of hydrogen-bond acceptors (Lipinski definition) is 3. The van der Waals surface area contributed by atoms with Crippen LogP contribution in [0, 0.1) is 0 Å². The molecule has 1 N–H and O–H groups in total. The van der Waals surface area contributed by atoms with Gasteiger partial charge in [-0.15, -0.1) is 0 Å². The fourth-order valence-electron chi connectivity index (χ4n) is 2.40. The van der Waals surface area contributed by atoms with Crippen LogP contribution >= 0.6 is 27.5 Å². The van der Waals surface area contributed by atoms with Crippen molar-refractivity contribution in [2.24, 2.45) is 0 Å². The van der Waals surface area contributed by atoms with E-state index in [9.17, 15) is 9.59 Å². The molecule has 0 spiro atoms. The van der Waals surface area contributed by atoms with E-state index >= 15 is 0 Å². The summed E-state index contributed by atoms with van der Waals surface area (Å²) >= 11 is 9.47. The first-order valence-corrected chi connectivity index (χ1v) is 8.41. The largest absolute Gasteiger partial charge is 0.355 e. The molecule has 0 saturated carbocycles. The lowest BCUT2D eigenvalue weighted by molar-refractivity contribution is -0.122. The van der Waals surface area contributed by atoms with Gasteiger partial charge in [0.2, 0.25) is 5.91 Å². The van der Waals surface area contributed by atoms with Gasteiger partial charge in [0.25, 0.3) is 5.91 Å². The molecular formula is C15H19BrClN3O2. The maximum atomic E-state index is 12.5. The number of likely N-dealkylation sites (N-methyl/N-ethyl adjacent to an activating group) is 1. The topological polar surface area (TPSA) is 52.7 Å². The van der Waals surface area contributed by atoms with Crippen molar-refractivity contribution in [2.75, 3.05) is 39.3 Å². The van der Waals surface area contributed by atoms with Gasteiger partial charge in [-0.05, 0) is 25.1 Å². The second-order valence-corrected chi connectivity index (χ2v) is 6.47. The zero-order valence-electron chi connectivity index (χ0n) is 12.4. The number of piperazine rings is 1. The molecule has 1 aromatic carbocycles. The quantitative estimate of drug-likeness (QED) is 0.858. The lowest BCUT2D eigenvalue weighted by Gasteiger charge is -2.34. The summed E-state index contributed by atoms with van der Waals surface area (Å²) in [6, 6.07) is 5.26. The van der Waals surface area contributed by atoms with Crippen molar-refractivity contribution in [3.8, 4) is 0 Å². The van der Waals surface area contributed by atoms with Gasteiger partial charge in [-0.1, -0.05) is 27.5 Å². The van der Waals surface area contributed by atoms with Crippen LogP contribution in [0.15, 0.2) is 22.7 Å². The molecule has 22 heavy (non-hydrogen) atoms. The van der Waals surface area contributed by atoms with Gasteiger partial charge in [0.05, 0.1) is 17.1 Å². The first kappa shape index (κ1) is 17.2. The van der Waals surface area contributed by atoms with Crippen molar-refractivity contribution < 1.29 is 9.59 Å². The third kappa shape index (κ3) is 4.44. The van der Waals surface area contributed by atoms with Gasteiger partial charge >= 0.3 is 0 Å². The van der Waals surface area contributed by atoms with E-state index in [4.69, 9.17) is 11.6 Å². The van der Waals surface area contributed by atoms with E-state index < -0.39 is 0 Å². The molecule has 0 aliphatic carbocycles. The Balaban J connectivity index is 1.92. The van der Waals surface area contributed by atoms with E-state index in [0.29, 0.717) is 49.9 Å². The SMILES string of the molecule is CCNC(=O)CN1CCN(C(=O)c2cc(Br)ccc2Cl)CC1. The average Bonchev–Trinajstić information content (AvgIpc) is 2.50. The highest BCUT2D eigenvalue weighted by atomic mass is 79.9. The van der Waals surface area contributed by atoms with E-state index in [2.05, 4.69) is 26.1 Å². The molecule has 2 amide bonds. The van der Waals surface area contributed by atoms with E-state index in [0.717, 1.165) is 4.47 Å². The van der Waals surface area contributed by atoms with Crippen LogP contribution in [-0.4, -0.2) is 60.9 Å². The first-order chi connectivity index (χ1) is 10.5. The van der Waals surface area contributed by atoms with Crippen LogP contribution in [0.4, 0.5) is 0 Å². The summed E-state index contributed by atoms with van der Waals surface area (Å²) in [6.45, 7) is 5.49. The molecule has 1 fully saturated rings. The van der Waals surface area contributed by atoms with Crippen molar-refractivity contribution in [1.29, 1.82) is 0 Å². The molecule has 1 saturated heterocycles. The summed E-state index contributed by atoms with van der Waals surface area (Å²) in [4.78, 5) is 27.9. The van der Waals surface area contributed by atoms with E-state index in [-0.39, 0.29) is 11.8 Å². The van der Waals surface area contributed by atoms with Gasteiger partial charge < -0.3 is 10.2 Å². The number of nitrogens with one attached hydrogen (secondary N) is 1. The summed E-state index contributed by atoms with van der Waals surface area (Å²) in [7, 11) is 0. The zero-order chi connectivity index (χ0) is 16.1. The first-order valence-electron chi connectivity index (χ1n) is 7.24. The molecule has 0 unspecified atom stereocenters. The minimum atomic E-state index is -0.0658. The number of carbonyl (C=O) groups excluding carboxylic acids is 2. The molecule has 0 aromatic heterocycles. The van der Waals surface area contributed by atoms with Gasteiger partial charge in [-0.2, -0.15) is 0 Å². The molecule has 5 nitrogen and oxygen atoms in total. The highest BCUT2D eigenvalue weighted by molar-refractivity contribution is 9.10. The lowest BCUT2D eigenvalue weighted by Crippen LogP contribution is -2.51. The molecule has 120 valence electrons. The Morgan fingerprint density at radius 2 is 1.95 bits per heavy atom. The van der Waals surface area contributed by atoms with Crippen LogP contribution in [0.2, 0.25) is 5.02 Å². The van der Waals surface area contributed by atoms with Crippen LogP contribution < -0.4 is 5.32 Å². The van der Waals surface area contributed by atoms with Crippen LogP contribution in [0.25, 0.3) is 0 Å². The Bertz CT molecular complexity index is 560. The lowest BCUT2D eigenvalue weighted by atomic mass is 10.2. The van der Waals surface area contributed by atoms with Gasteiger partial charge in [-0.3, -0.25) is 14.5 Å². The van der Waals surface area contributed by atoms with Crippen molar-refractivity contribution in [1.82, 2.24) is 15.1 Å². The van der Waals surface area contributed by atoms with Gasteiger partial charge in [0, 0.05) is 37.2 Å². The Kier molecular flexibility index (Phi) is 6.23. The minimum Gasteiger partial charge on any atom is -0.355 e. The van der Waals surface area contributed by atoms with E-state index in [1.165, 1.54) is 0 Å². The van der Waals surface area contributed by atoms with Crippen LogP contribution in [-0.2, 0) is 4.79 Å². The monoisotopic (exact) mass is 387 g/mol. The van der Waals surface area contributed by atoms with Gasteiger partial charge in [-0.25, -0.2) is 0 Å². The number of nitrogens with zero attached hydrogens (tertiary/aromatic N) is 2. The van der Waals surface area contributed by atoms with Crippen LogP contribution in [0.1, 0.15) is 17.3 Å². The molecule has 0 bridgehead atoms. The number of rotatable bonds is 4. The number of amides is 2. The van der Waals surface area contributed by atoms with Crippen LogP contribution in [0.5, 0.6) is 0 Å². The summed E-state index contributed by atoms with van der Waals surface area (Å²) in [5.41, 5.74) is 0.508. The van der Waals surface area contributed by atoms with Crippen molar-refractivity contribution in [3.05, 3.63) is 33.3 Å². The Labute approximate surface area is 143 Å². The number of hydrogen-bond donors (Lipinski definition) is 1. The smallest absolute Gasteiger partial charge is 0.255 e. The highest BCUT2D eigenvalue weighted by Gasteiger charge is 2.24. The van der Waals surface area contributed by atoms with Gasteiger partial charge in [0.15, 0.2) is 0 Å². The Hall–Kier alpha value is -1.11. The van der Waals surface area contributed by atoms with E-state index in [1.807, 2.05) is 13.0 Å². The van der Waals surface area contributed by atoms with Crippen molar-refractivity contribution in [3.63, 3.8) is 0 Å². The molecule has 0 radical (unpaired) electrons. The summed E-state index contributed by atoms with van der Waals surface area (Å²) < 4.78 is 0.829. The Morgan fingerprint density at radius 1 is 1.27 bits per heavy atom. The van der Waals surface area contributed by atoms with Gasteiger partial charge in [0.1, 0.15) is 0 Å². The van der Waals surface area contributed by atoms with Crippen LogP contribution in [0.3, 0.4) is 0 Å². The predicted octanol–water partition coefficient (Wildman–Crippen LogP) is 2.00. The van der Waals surface area contributed by atoms with Crippen molar-refractivity contribution in [2.45, 2.75) is 6.92 Å². The number of halogens is 2. The number of benzene rings is 1. The Morgan fingerprint density at radius 3 is 2.59 bits per heavy atom. The summed E-state index contributed by atoms with van der Waals surface area (Å²) in [5, 5.41) is 3.24. The molecule has 1 aliphatic rings. The molecule has 0 atom stereocenters. The van der Waals surface area contributed by atoms with Crippen molar-refractivity contribution >= 4 is 39.3 Å². The summed E-state index contributed by atoms with van der Waals surface area (Å²) in [5.74, 6) is -0.0405. The molecule has 1 heterocycles. The highest BCUT2D eigenvalue weighted by Crippen LogP contribution is 2.23. The number of carbonyl (C=O) groups is 2. The predicted molar refractivity (Wildman–Crippen MR) is 90.2 cm³/mol. The molecule has 7 heteroatoms. The zero-order valence-corrected chi connectivity index (χ0v) is 14.8. The van der Waals surface area contributed by atoms with E-state index in [1.54, 1.807) is 17.0 Å². The maximum Gasteiger partial charge on any atom is 0.255 e. The minimum absolute atomic E-state index is 0.0253. The normalized spacial score (nSPS) is 15.7. The fraction of sp³-hybridized carbons (Fsp3) is 0.467. The molecule has 1 aromatic rings. The molecule has 1 aliphatic heterocycles. The standard InChI is InChI=1S/C15H19BrClN3O2/c1-2-18-14(21)10-19-5-7-20(8-6-19)15(22)12-9-11(16)3-4-13(12)17/h3-4,9H,2,5-8,10H2,1H3,(H,18,21). The second-order valence-electron chi connectivity index (χ2n) is 5.15. The third-order valence-electron chi connectivity index (χ3n) is 3.56. The average molecular weight is 389 g/mol. The summed E-state index contributed by atoms with van der Waals surface area (Å²) in [6.07, 6.45) is 0. The molecular weight excluding hydrogens is 370 g/mol. The molecule has 2 rings (SSSR count).